The molecule has 1 aromatic rings. The normalized spacial score (nSPS) is 9.47. The molecule has 0 spiro atoms. The lowest BCUT2D eigenvalue weighted by Gasteiger charge is -2.13. The molecule has 0 fully saturated rings. The molecule has 0 unspecified atom stereocenters. The van der Waals surface area contributed by atoms with Crippen LogP contribution < -0.4 is 4.74 Å². The second kappa shape index (κ2) is 8.30. The van der Waals surface area contributed by atoms with Crippen LogP contribution in [0.4, 0.5) is 0 Å². The van der Waals surface area contributed by atoms with Gasteiger partial charge in [0.25, 0.3) is 0 Å². The third-order valence-corrected chi connectivity index (χ3v) is 2.15. The second-order valence-electron chi connectivity index (χ2n) is 3.18. The number of hydrogen-bond donors (Lipinski definition) is 0. The fourth-order valence-corrected chi connectivity index (χ4v) is 1.15. The topological polar surface area (TPSA) is 12.5 Å². The Balaban J connectivity index is 0.000000921. The SMILES string of the molecule is CC.CCN(C)Cc1ccc(OC)cc1. The molecule has 0 heterocycles. The highest BCUT2D eigenvalue weighted by atomic mass is 16.5. The van der Waals surface area contributed by atoms with Crippen molar-refractivity contribution in [1.82, 2.24) is 4.90 Å². The Hall–Kier alpha value is -1.02. The van der Waals surface area contributed by atoms with E-state index in [9.17, 15) is 0 Å². The summed E-state index contributed by atoms with van der Waals surface area (Å²) < 4.78 is 5.09. The van der Waals surface area contributed by atoms with E-state index in [-0.39, 0.29) is 0 Å². The molecule has 2 heteroatoms. The maximum atomic E-state index is 5.09. The van der Waals surface area contributed by atoms with E-state index in [2.05, 4.69) is 31.0 Å². The summed E-state index contributed by atoms with van der Waals surface area (Å²) in [5.74, 6) is 0.919. The summed E-state index contributed by atoms with van der Waals surface area (Å²) in [4.78, 5) is 2.27. The molecule has 0 N–H and O–H groups in total. The van der Waals surface area contributed by atoms with Crippen molar-refractivity contribution in [2.45, 2.75) is 27.3 Å². The van der Waals surface area contributed by atoms with Gasteiger partial charge in [0.1, 0.15) is 5.75 Å². The predicted octanol–water partition coefficient (Wildman–Crippen LogP) is 3.17. The van der Waals surface area contributed by atoms with Gasteiger partial charge >= 0.3 is 0 Å². The Labute approximate surface area is 93.9 Å². The zero-order valence-corrected chi connectivity index (χ0v) is 10.6. The monoisotopic (exact) mass is 209 g/mol. The van der Waals surface area contributed by atoms with Gasteiger partial charge in [0.2, 0.25) is 0 Å². The molecule has 86 valence electrons. The molecule has 0 saturated heterocycles. The lowest BCUT2D eigenvalue weighted by atomic mass is 10.2. The fraction of sp³-hybridized carbons (Fsp3) is 0.538. The van der Waals surface area contributed by atoms with Crippen molar-refractivity contribution in [3.8, 4) is 5.75 Å². The van der Waals surface area contributed by atoms with E-state index in [1.807, 2.05) is 26.0 Å². The number of hydrogen-bond acceptors (Lipinski definition) is 2. The van der Waals surface area contributed by atoms with E-state index in [4.69, 9.17) is 4.74 Å². The molecule has 0 aliphatic rings. The summed E-state index contributed by atoms with van der Waals surface area (Å²) in [6, 6.07) is 8.20. The minimum atomic E-state index is 0.919. The average molecular weight is 209 g/mol. The molecule has 0 radical (unpaired) electrons. The zero-order valence-electron chi connectivity index (χ0n) is 10.6. The molecule has 0 amide bonds. The van der Waals surface area contributed by atoms with Crippen LogP contribution in [0.2, 0.25) is 0 Å². The third-order valence-electron chi connectivity index (χ3n) is 2.15. The van der Waals surface area contributed by atoms with Gasteiger partial charge in [-0.05, 0) is 31.3 Å². The zero-order chi connectivity index (χ0) is 11.7. The van der Waals surface area contributed by atoms with Gasteiger partial charge in [-0.25, -0.2) is 0 Å². The minimum absolute atomic E-state index is 0.919. The molecule has 0 aliphatic carbocycles. The predicted molar refractivity (Wildman–Crippen MR) is 66.4 cm³/mol. The first-order valence-corrected chi connectivity index (χ1v) is 5.57. The first-order chi connectivity index (χ1) is 7.26. The van der Waals surface area contributed by atoms with Crippen LogP contribution in [-0.2, 0) is 6.54 Å². The van der Waals surface area contributed by atoms with Crippen molar-refractivity contribution >= 4 is 0 Å². The summed E-state index contributed by atoms with van der Waals surface area (Å²) in [6.07, 6.45) is 0. The molecule has 1 aromatic carbocycles. The van der Waals surface area contributed by atoms with E-state index in [1.165, 1.54) is 5.56 Å². The van der Waals surface area contributed by atoms with Crippen LogP contribution in [0, 0.1) is 0 Å². The number of benzene rings is 1. The average Bonchev–Trinajstić information content (AvgIpc) is 2.32. The van der Waals surface area contributed by atoms with Gasteiger partial charge in [-0.3, -0.25) is 0 Å². The van der Waals surface area contributed by atoms with E-state index in [0.29, 0.717) is 0 Å². The molecule has 15 heavy (non-hydrogen) atoms. The van der Waals surface area contributed by atoms with E-state index in [0.717, 1.165) is 18.8 Å². The Morgan fingerprint density at radius 2 is 1.67 bits per heavy atom. The number of ether oxygens (including phenoxy) is 1. The smallest absolute Gasteiger partial charge is 0.118 e. The first-order valence-electron chi connectivity index (χ1n) is 5.57. The van der Waals surface area contributed by atoms with Crippen LogP contribution in [-0.4, -0.2) is 25.6 Å². The van der Waals surface area contributed by atoms with Crippen molar-refractivity contribution < 1.29 is 4.74 Å². The summed E-state index contributed by atoms with van der Waals surface area (Å²) in [6.45, 7) is 8.23. The summed E-state index contributed by atoms with van der Waals surface area (Å²) in [7, 11) is 3.80. The van der Waals surface area contributed by atoms with Crippen molar-refractivity contribution in [3.63, 3.8) is 0 Å². The first kappa shape index (κ1) is 14.0. The Kier molecular flexibility index (Phi) is 7.74. The van der Waals surface area contributed by atoms with Crippen molar-refractivity contribution in [2.75, 3.05) is 20.7 Å². The van der Waals surface area contributed by atoms with Gasteiger partial charge in [-0.15, -0.1) is 0 Å². The molecule has 0 aliphatic heterocycles. The van der Waals surface area contributed by atoms with E-state index < -0.39 is 0 Å². The van der Waals surface area contributed by atoms with E-state index >= 15 is 0 Å². The van der Waals surface area contributed by atoms with Crippen LogP contribution in [0.1, 0.15) is 26.3 Å². The van der Waals surface area contributed by atoms with Crippen LogP contribution in [0.15, 0.2) is 24.3 Å². The Bertz CT molecular complexity index is 243. The van der Waals surface area contributed by atoms with Gasteiger partial charge in [-0.1, -0.05) is 32.9 Å². The van der Waals surface area contributed by atoms with Crippen LogP contribution in [0.3, 0.4) is 0 Å². The molecule has 0 aromatic heterocycles. The standard InChI is InChI=1S/C11H17NO.C2H6/c1-4-12(2)9-10-5-7-11(13-3)8-6-10;1-2/h5-8H,4,9H2,1-3H3;1-2H3. The molecular formula is C13H23NO. The van der Waals surface area contributed by atoms with Gasteiger partial charge in [-0.2, -0.15) is 0 Å². The Morgan fingerprint density at radius 1 is 1.13 bits per heavy atom. The van der Waals surface area contributed by atoms with Crippen LogP contribution in [0.25, 0.3) is 0 Å². The second-order valence-corrected chi connectivity index (χ2v) is 3.18. The largest absolute Gasteiger partial charge is 0.497 e. The highest BCUT2D eigenvalue weighted by Gasteiger charge is 1.97. The van der Waals surface area contributed by atoms with Crippen molar-refractivity contribution in [2.24, 2.45) is 0 Å². The van der Waals surface area contributed by atoms with Gasteiger partial charge < -0.3 is 9.64 Å². The summed E-state index contributed by atoms with van der Waals surface area (Å²) in [5, 5.41) is 0. The molecule has 0 atom stereocenters. The highest BCUT2D eigenvalue weighted by molar-refractivity contribution is 5.26. The number of rotatable bonds is 4. The van der Waals surface area contributed by atoms with Crippen LogP contribution in [0.5, 0.6) is 5.75 Å². The third kappa shape index (κ3) is 5.43. The molecule has 1 rings (SSSR count). The minimum Gasteiger partial charge on any atom is -0.497 e. The number of methoxy groups -OCH3 is 1. The van der Waals surface area contributed by atoms with Gasteiger partial charge in [0.05, 0.1) is 7.11 Å². The summed E-state index contributed by atoms with van der Waals surface area (Å²) >= 11 is 0. The molecule has 0 saturated carbocycles. The van der Waals surface area contributed by atoms with Gasteiger partial charge in [0.15, 0.2) is 0 Å². The highest BCUT2D eigenvalue weighted by Crippen LogP contribution is 2.12. The van der Waals surface area contributed by atoms with Crippen molar-refractivity contribution in [1.29, 1.82) is 0 Å². The lowest BCUT2D eigenvalue weighted by Crippen LogP contribution is -2.16. The maximum absolute atomic E-state index is 5.09. The maximum Gasteiger partial charge on any atom is 0.118 e. The molecule has 2 nitrogen and oxygen atoms in total. The van der Waals surface area contributed by atoms with Crippen LogP contribution >= 0.6 is 0 Å². The summed E-state index contributed by atoms with van der Waals surface area (Å²) in [5.41, 5.74) is 1.32. The lowest BCUT2D eigenvalue weighted by molar-refractivity contribution is 0.345. The quantitative estimate of drug-likeness (QED) is 0.755. The van der Waals surface area contributed by atoms with E-state index in [1.54, 1.807) is 7.11 Å². The molecular weight excluding hydrogens is 186 g/mol. The Morgan fingerprint density at radius 3 is 2.07 bits per heavy atom. The van der Waals surface area contributed by atoms with Crippen molar-refractivity contribution in [3.05, 3.63) is 29.8 Å². The van der Waals surface area contributed by atoms with Gasteiger partial charge in [0, 0.05) is 6.54 Å². The molecule has 0 bridgehead atoms. The fourth-order valence-electron chi connectivity index (χ4n) is 1.15. The number of nitrogens with zero attached hydrogens (tertiary/aromatic N) is 1.